The summed E-state index contributed by atoms with van der Waals surface area (Å²) in [5.74, 6) is 0.423. The smallest absolute Gasteiger partial charge is 0.411 e. The molecule has 0 fully saturated rings. The van der Waals surface area contributed by atoms with Crippen LogP contribution in [-0.4, -0.2) is 26.1 Å². The Balaban J connectivity index is 2.51. The largest absolute Gasteiger partial charge is 0.467 e. The molecule has 0 unspecified atom stereocenters. The molecule has 0 aromatic heterocycles. The molecule has 0 aliphatic carbocycles. The summed E-state index contributed by atoms with van der Waals surface area (Å²) in [7, 11) is 0. The third-order valence-corrected chi connectivity index (χ3v) is 2.23. The van der Waals surface area contributed by atoms with Crippen LogP contribution in [0.15, 0.2) is 18.2 Å². The van der Waals surface area contributed by atoms with Crippen molar-refractivity contribution in [3.05, 3.63) is 28.8 Å². The number of nitrogens with two attached hydrogens (primary N) is 1. The molecule has 0 aliphatic rings. The van der Waals surface area contributed by atoms with Gasteiger partial charge in [-0.15, -0.1) is 0 Å². The monoisotopic (exact) mass is 283 g/mol. The van der Waals surface area contributed by atoms with Crippen molar-refractivity contribution in [1.29, 1.82) is 0 Å². The lowest BCUT2D eigenvalue weighted by Crippen LogP contribution is -2.19. The summed E-state index contributed by atoms with van der Waals surface area (Å²) in [5.41, 5.74) is 6.15. The van der Waals surface area contributed by atoms with E-state index in [0.717, 1.165) is 5.56 Å². The second-order valence-corrected chi connectivity index (χ2v) is 3.95. The van der Waals surface area contributed by atoms with Gasteiger partial charge >= 0.3 is 6.18 Å². The van der Waals surface area contributed by atoms with Gasteiger partial charge in [0.2, 0.25) is 0 Å². The molecule has 0 amide bonds. The van der Waals surface area contributed by atoms with Crippen LogP contribution in [0.25, 0.3) is 0 Å². The first-order valence-electron chi connectivity index (χ1n) is 5.18. The van der Waals surface area contributed by atoms with E-state index in [4.69, 9.17) is 22.1 Å². The van der Waals surface area contributed by atoms with Crippen molar-refractivity contribution in [2.45, 2.75) is 12.6 Å². The van der Waals surface area contributed by atoms with Crippen LogP contribution in [0.3, 0.4) is 0 Å². The van der Waals surface area contributed by atoms with Gasteiger partial charge in [-0.25, -0.2) is 0 Å². The minimum atomic E-state index is -4.36. The van der Waals surface area contributed by atoms with Crippen molar-refractivity contribution in [2.75, 3.05) is 19.9 Å². The Hall–Kier alpha value is -0.980. The molecule has 1 aromatic rings. The predicted molar refractivity (Wildman–Crippen MR) is 61.7 cm³/mol. The predicted octanol–water partition coefficient (Wildman–Crippen LogP) is 2.76. The molecule has 0 atom stereocenters. The van der Waals surface area contributed by atoms with E-state index in [0.29, 0.717) is 23.7 Å². The molecule has 0 aliphatic heterocycles. The molecule has 18 heavy (non-hydrogen) atoms. The molecule has 0 saturated heterocycles. The maximum Gasteiger partial charge on any atom is 0.411 e. The summed E-state index contributed by atoms with van der Waals surface area (Å²) < 4.78 is 44.9. The van der Waals surface area contributed by atoms with E-state index in [9.17, 15) is 13.2 Å². The molecule has 1 aromatic carbocycles. The maximum absolute atomic E-state index is 11.8. The Labute approximate surface area is 108 Å². The van der Waals surface area contributed by atoms with Gasteiger partial charge in [-0.1, -0.05) is 11.6 Å². The minimum Gasteiger partial charge on any atom is -0.467 e. The first-order valence-corrected chi connectivity index (χ1v) is 5.56. The number of ether oxygens (including phenoxy) is 2. The zero-order chi connectivity index (χ0) is 13.6. The van der Waals surface area contributed by atoms with Gasteiger partial charge in [-0.2, -0.15) is 13.2 Å². The molecule has 0 heterocycles. The molecule has 0 bridgehead atoms. The van der Waals surface area contributed by atoms with Gasteiger partial charge < -0.3 is 15.2 Å². The van der Waals surface area contributed by atoms with E-state index in [1.165, 1.54) is 0 Å². The number of halogens is 4. The Bertz CT molecular complexity index is 385. The molecule has 0 saturated carbocycles. The van der Waals surface area contributed by atoms with E-state index in [1.54, 1.807) is 18.2 Å². The van der Waals surface area contributed by atoms with Gasteiger partial charge in [-0.05, 0) is 36.7 Å². The SMILES string of the molecule is NCCc1cc(Cl)ccc1OCOCC(F)(F)F. The number of alkyl halides is 3. The van der Waals surface area contributed by atoms with Gasteiger partial charge in [0.25, 0.3) is 0 Å². The summed E-state index contributed by atoms with van der Waals surface area (Å²) in [6.07, 6.45) is -3.83. The van der Waals surface area contributed by atoms with Crippen molar-refractivity contribution in [2.24, 2.45) is 5.73 Å². The number of benzene rings is 1. The third-order valence-electron chi connectivity index (χ3n) is 2.00. The standard InChI is InChI=1S/C11H13ClF3NO2/c12-9-1-2-10(8(5-9)3-4-16)18-7-17-6-11(13,14)15/h1-2,5H,3-4,6-7,16H2. The van der Waals surface area contributed by atoms with Gasteiger partial charge in [0.05, 0.1) is 0 Å². The highest BCUT2D eigenvalue weighted by atomic mass is 35.5. The lowest BCUT2D eigenvalue weighted by Gasteiger charge is -2.12. The van der Waals surface area contributed by atoms with E-state index in [-0.39, 0.29) is 0 Å². The lowest BCUT2D eigenvalue weighted by molar-refractivity contribution is -0.186. The van der Waals surface area contributed by atoms with Crippen molar-refractivity contribution in [3.63, 3.8) is 0 Å². The topological polar surface area (TPSA) is 44.5 Å². The number of hydrogen-bond acceptors (Lipinski definition) is 3. The fraction of sp³-hybridized carbons (Fsp3) is 0.455. The van der Waals surface area contributed by atoms with Gasteiger partial charge in [0.15, 0.2) is 6.79 Å². The molecule has 102 valence electrons. The summed E-state index contributed by atoms with van der Waals surface area (Å²) in [6.45, 7) is -1.42. The first kappa shape index (κ1) is 15.1. The normalized spacial score (nSPS) is 11.6. The fourth-order valence-electron chi connectivity index (χ4n) is 1.30. The maximum atomic E-state index is 11.8. The van der Waals surface area contributed by atoms with E-state index < -0.39 is 19.6 Å². The number of hydrogen-bond donors (Lipinski definition) is 1. The van der Waals surface area contributed by atoms with Crippen LogP contribution in [0.5, 0.6) is 5.75 Å². The lowest BCUT2D eigenvalue weighted by atomic mass is 10.1. The van der Waals surface area contributed by atoms with Crippen LogP contribution in [0, 0.1) is 0 Å². The quantitative estimate of drug-likeness (QED) is 0.645. The van der Waals surface area contributed by atoms with Crippen molar-refractivity contribution in [1.82, 2.24) is 0 Å². The molecule has 3 nitrogen and oxygen atoms in total. The summed E-state index contributed by atoms with van der Waals surface area (Å²) >= 11 is 5.80. The highest BCUT2D eigenvalue weighted by Crippen LogP contribution is 2.23. The molecule has 2 N–H and O–H groups in total. The van der Waals surface area contributed by atoms with Crippen molar-refractivity contribution >= 4 is 11.6 Å². The zero-order valence-corrected chi connectivity index (χ0v) is 10.2. The number of rotatable bonds is 6. The van der Waals surface area contributed by atoms with Crippen LogP contribution in [0.2, 0.25) is 5.02 Å². The summed E-state index contributed by atoms with van der Waals surface area (Å²) in [5, 5.41) is 0.516. The highest BCUT2D eigenvalue weighted by molar-refractivity contribution is 6.30. The Morgan fingerprint density at radius 1 is 1.28 bits per heavy atom. The van der Waals surface area contributed by atoms with Crippen LogP contribution in [-0.2, 0) is 11.2 Å². The van der Waals surface area contributed by atoms with E-state index in [2.05, 4.69) is 4.74 Å². The minimum absolute atomic E-state index is 0.389. The first-order chi connectivity index (χ1) is 8.42. The molecule has 1 rings (SSSR count). The molecule has 0 spiro atoms. The molecular weight excluding hydrogens is 271 g/mol. The van der Waals surface area contributed by atoms with Crippen molar-refractivity contribution < 1.29 is 22.6 Å². The zero-order valence-electron chi connectivity index (χ0n) is 9.47. The Morgan fingerprint density at radius 2 is 2.00 bits per heavy atom. The van der Waals surface area contributed by atoms with Gasteiger partial charge in [-0.3, -0.25) is 0 Å². The van der Waals surface area contributed by atoms with Crippen molar-refractivity contribution in [3.8, 4) is 5.75 Å². The van der Waals surface area contributed by atoms with E-state index in [1.807, 2.05) is 0 Å². The second kappa shape index (κ2) is 6.82. The van der Waals surface area contributed by atoms with Crippen LogP contribution < -0.4 is 10.5 Å². The van der Waals surface area contributed by atoms with Gasteiger partial charge in [0.1, 0.15) is 12.4 Å². The Kier molecular flexibility index (Phi) is 5.71. The van der Waals surface area contributed by atoms with E-state index >= 15 is 0 Å². The summed E-state index contributed by atoms with van der Waals surface area (Å²) in [6, 6.07) is 4.82. The fourth-order valence-corrected chi connectivity index (χ4v) is 1.50. The average molecular weight is 284 g/mol. The van der Waals surface area contributed by atoms with Crippen LogP contribution >= 0.6 is 11.6 Å². The Morgan fingerprint density at radius 3 is 2.61 bits per heavy atom. The second-order valence-electron chi connectivity index (χ2n) is 3.52. The average Bonchev–Trinajstić information content (AvgIpc) is 2.26. The molecular formula is C11H13ClF3NO2. The van der Waals surface area contributed by atoms with Crippen LogP contribution in [0.1, 0.15) is 5.56 Å². The third kappa shape index (κ3) is 5.57. The molecule has 7 heteroatoms. The summed E-state index contributed by atoms with van der Waals surface area (Å²) in [4.78, 5) is 0. The van der Waals surface area contributed by atoms with Crippen LogP contribution in [0.4, 0.5) is 13.2 Å². The van der Waals surface area contributed by atoms with Gasteiger partial charge in [0, 0.05) is 5.02 Å². The molecule has 0 radical (unpaired) electrons. The highest BCUT2D eigenvalue weighted by Gasteiger charge is 2.27.